The molecule has 0 spiro atoms. The summed E-state index contributed by atoms with van der Waals surface area (Å²) in [5.41, 5.74) is 5.43. The van der Waals surface area contributed by atoms with Crippen LogP contribution in [-0.4, -0.2) is 37.5 Å². The van der Waals surface area contributed by atoms with Crippen molar-refractivity contribution in [2.75, 3.05) is 20.6 Å². The summed E-state index contributed by atoms with van der Waals surface area (Å²) in [6, 6.07) is 3.68. The van der Waals surface area contributed by atoms with E-state index in [1.807, 2.05) is 14.1 Å². The number of furan rings is 1. The molecule has 1 rings (SSSR count). The highest BCUT2D eigenvalue weighted by Crippen LogP contribution is 2.09. The lowest BCUT2D eigenvalue weighted by molar-refractivity contribution is 0.0905. The van der Waals surface area contributed by atoms with Crippen molar-refractivity contribution < 1.29 is 9.21 Å². The molecule has 0 aliphatic rings. The second-order valence-electron chi connectivity index (χ2n) is 4.96. The van der Waals surface area contributed by atoms with Gasteiger partial charge in [-0.1, -0.05) is 13.8 Å². The highest BCUT2D eigenvalue weighted by molar-refractivity contribution is 5.91. The summed E-state index contributed by atoms with van der Waals surface area (Å²) in [5.74, 6) is 1.21. The van der Waals surface area contributed by atoms with Gasteiger partial charge >= 0.3 is 0 Å². The fraction of sp³-hybridized carbons (Fsp3) is 0.615. The van der Waals surface area contributed by atoms with Gasteiger partial charge in [-0.2, -0.15) is 0 Å². The standard InChI is InChI=1S/C13H23N3O2/c1-9(2)11(16(3)4)8-15-13(17)12-6-5-10(7-14)18-12/h5-6,9,11H,7-8,14H2,1-4H3,(H,15,17). The number of nitrogens with two attached hydrogens (primary N) is 1. The van der Waals surface area contributed by atoms with Gasteiger partial charge in [0.2, 0.25) is 0 Å². The van der Waals surface area contributed by atoms with Crippen LogP contribution in [0.2, 0.25) is 0 Å². The molecule has 5 heteroatoms. The van der Waals surface area contributed by atoms with Crippen molar-refractivity contribution in [3.05, 3.63) is 23.7 Å². The molecule has 1 heterocycles. The van der Waals surface area contributed by atoms with Gasteiger partial charge in [0, 0.05) is 12.6 Å². The van der Waals surface area contributed by atoms with Gasteiger partial charge < -0.3 is 20.4 Å². The number of carbonyl (C=O) groups excluding carboxylic acids is 1. The smallest absolute Gasteiger partial charge is 0.287 e. The molecule has 3 N–H and O–H groups in total. The molecule has 0 radical (unpaired) electrons. The fourth-order valence-electron chi connectivity index (χ4n) is 1.91. The monoisotopic (exact) mass is 253 g/mol. The Hall–Kier alpha value is -1.33. The molecule has 18 heavy (non-hydrogen) atoms. The molecule has 0 saturated carbocycles. The Balaban J connectivity index is 2.54. The molecule has 1 aromatic rings. The lowest BCUT2D eigenvalue weighted by Crippen LogP contribution is -2.43. The van der Waals surface area contributed by atoms with E-state index in [-0.39, 0.29) is 5.91 Å². The van der Waals surface area contributed by atoms with Crippen molar-refractivity contribution in [1.29, 1.82) is 0 Å². The molecule has 0 bridgehead atoms. The van der Waals surface area contributed by atoms with Gasteiger partial charge in [-0.3, -0.25) is 4.79 Å². The number of hydrogen-bond acceptors (Lipinski definition) is 4. The maximum Gasteiger partial charge on any atom is 0.287 e. The third kappa shape index (κ3) is 3.85. The maximum atomic E-state index is 11.9. The van der Waals surface area contributed by atoms with Gasteiger partial charge in [0.05, 0.1) is 6.54 Å². The van der Waals surface area contributed by atoms with Gasteiger partial charge in [-0.25, -0.2) is 0 Å². The van der Waals surface area contributed by atoms with Crippen LogP contribution < -0.4 is 11.1 Å². The number of hydrogen-bond donors (Lipinski definition) is 2. The number of nitrogens with one attached hydrogen (secondary N) is 1. The third-order valence-corrected chi connectivity index (χ3v) is 2.99. The summed E-state index contributed by atoms with van der Waals surface area (Å²) in [7, 11) is 4.02. The van der Waals surface area contributed by atoms with Crippen LogP contribution in [0, 0.1) is 5.92 Å². The van der Waals surface area contributed by atoms with Crippen LogP contribution in [0.4, 0.5) is 0 Å². The van der Waals surface area contributed by atoms with Gasteiger partial charge in [-0.05, 0) is 32.1 Å². The summed E-state index contributed by atoms with van der Waals surface area (Å²) < 4.78 is 5.30. The molecule has 1 aromatic heterocycles. The van der Waals surface area contributed by atoms with Crippen molar-refractivity contribution >= 4 is 5.91 Å². The molecule has 0 aliphatic carbocycles. The Kier molecular flexibility index (Phi) is 5.37. The molecule has 0 aliphatic heterocycles. The maximum absolute atomic E-state index is 11.9. The van der Waals surface area contributed by atoms with E-state index in [2.05, 4.69) is 24.1 Å². The van der Waals surface area contributed by atoms with E-state index in [9.17, 15) is 4.79 Å². The average molecular weight is 253 g/mol. The highest BCUT2D eigenvalue weighted by Gasteiger charge is 2.18. The second kappa shape index (κ2) is 6.56. The van der Waals surface area contributed by atoms with Crippen molar-refractivity contribution in [2.45, 2.75) is 26.4 Å². The number of amides is 1. The summed E-state index contributed by atoms with van der Waals surface area (Å²) in [5, 5.41) is 2.88. The second-order valence-corrected chi connectivity index (χ2v) is 4.96. The van der Waals surface area contributed by atoms with Crippen molar-refractivity contribution in [3.8, 4) is 0 Å². The average Bonchev–Trinajstić information content (AvgIpc) is 2.76. The minimum absolute atomic E-state index is 0.192. The molecule has 5 nitrogen and oxygen atoms in total. The van der Waals surface area contributed by atoms with Gasteiger partial charge in [-0.15, -0.1) is 0 Å². The molecule has 1 amide bonds. The van der Waals surface area contributed by atoms with E-state index >= 15 is 0 Å². The lowest BCUT2D eigenvalue weighted by atomic mass is 10.0. The van der Waals surface area contributed by atoms with Crippen molar-refractivity contribution in [2.24, 2.45) is 11.7 Å². The predicted octanol–water partition coefficient (Wildman–Crippen LogP) is 1.05. The zero-order valence-electron chi connectivity index (χ0n) is 11.6. The zero-order valence-corrected chi connectivity index (χ0v) is 11.6. The van der Waals surface area contributed by atoms with Crippen LogP contribution in [0.1, 0.15) is 30.2 Å². The molecule has 1 atom stereocenters. The van der Waals surface area contributed by atoms with Gasteiger partial charge in [0.1, 0.15) is 5.76 Å². The molecule has 0 fully saturated rings. The van der Waals surface area contributed by atoms with E-state index in [0.717, 1.165) is 0 Å². The first kappa shape index (κ1) is 14.7. The Labute approximate surface area is 108 Å². The summed E-state index contributed by atoms with van der Waals surface area (Å²) in [6.45, 7) is 5.17. The molecule has 1 unspecified atom stereocenters. The molecular weight excluding hydrogens is 230 g/mol. The largest absolute Gasteiger partial charge is 0.455 e. The fourth-order valence-corrected chi connectivity index (χ4v) is 1.91. The van der Waals surface area contributed by atoms with Gasteiger partial charge in [0.15, 0.2) is 5.76 Å². The first-order valence-electron chi connectivity index (χ1n) is 6.19. The minimum Gasteiger partial charge on any atom is -0.455 e. The number of carbonyl (C=O) groups is 1. The van der Waals surface area contributed by atoms with Crippen molar-refractivity contribution in [1.82, 2.24) is 10.2 Å². The molecule has 0 saturated heterocycles. The predicted molar refractivity (Wildman–Crippen MR) is 71.2 cm³/mol. The van der Waals surface area contributed by atoms with E-state index in [4.69, 9.17) is 10.2 Å². The summed E-state index contributed by atoms with van der Waals surface area (Å²) in [4.78, 5) is 14.0. The Bertz CT molecular complexity index is 377. The van der Waals surface area contributed by atoms with Crippen molar-refractivity contribution in [3.63, 3.8) is 0 Å². The van der Waals surface area contributed by atoms with Gasteiger partial charge in [0.25, 0.3) is 5.91 Å². The van der Waals surface area contributed by atoms with Crippen LogP contribution in [0.3, 0.4) is 0 Å². The SMILES string of the molecule is CC(C)C(CNC(=O)c1ccc(CN)o1)N(C)C. The Morgan fingerprint density at radius 2 is 2.11 bits per heavy atom. The van der Waals surface area contributed by atoms with E-state index < -0.39 is 0 Å². The minimum atomic E-state index is -0.192. The molecule has 0 aromatic carbocycles. The van der Waals surface area contributed by atoms with E-state index in [0.29, 0.717) is 36.6 Å². The normalized spacial score (nSPS) is 13.1. The van der Waals surface area contributed by atoms with Crippen LogP contribution in [-0.2, 0) is 6.54 Å². The lowest BCUT2D eigenvalue weighted by Gasteiger charge is -2.27. The zero-order chi connectivity index (χ0) is 13.7. The molecule has 102 valence electrons. The van der Waals surface area contributed by atoms with Crippen LogP contribution in [0.15, 0.2) is 16.5 Å². The quantitative estimate of drug-likeness (QED) is 0.795. The first-order valence-corrected chi connectivity index (χ1v) is 6.19. The van der Waals surface area contributed by atoms with Crippen LogP contribution >= 0.6 is 0 Å². The Morgan fingerprint density at radius 1 is 1.44 bits per heavy atom. The number of likely N-dealkylation sites (N-methyl/N-ethyl adjacent to an activating group) is 1. The summed E-state index contributed by atoms with van der Waals surface area (Å²) in [6.07, 6.45) is 0. The number of rotatable bonds is 6. The van der Waals surface area contributed by atoms with Crippen LogP contribution in [0.5, 0.6) is 0 Å². The van der Waals surface area contributed by atoms with Crippen LogP contribution in [0.25, 0.3) is 0 Å². The number of nitrogens with zero attached hydrogens (tertiary/aromatic N) is 1. The summed E-state index contributed by atoms with van der Waals surface area (Å²) >= 11 is 0. The highest BCUT2D eigenvalue weighted by atomic mass is 16.4. The van der Waals surface area contributed by atoms with E-state index in [1.54, 1.807) is 12.1 Å². The molecular formula is C13H23N3O2. The first-order chi connectivity index (χ1) is 8.45. The topological polar surface area (TPSA) is 71.5 Å². The Morgan fingerprint density at radius 3 is 2.56 bits per heavy atom. The van der Waals surface area contributed by atoms with E-state index in [1.165, 1.54) is 0 Å². The third-order valence-electron chi connectivity index (χ3n) is 2.99.